The van der Waals surface area contributed by atoms with Gasteiger partial charge in [-0.1, -0.05) is 11.6 Å². The minimum absolute atomic E-state index is 0.152. The number of amides is 2. The Morgan fingerprint density at radius 2 is 2.00 bits per heavy atom. The van der Waals surface area contributed by atoms with E-state index in [-0.39, 0.29) is 38.1 Å². The van der Waals surface area contributed by atoms with Crippen LogP contribution in [0.25, 0.3) is 0 Å². The fraction of sp³-hybridized carbons (Fsp3) is 0.500. The van der Waals surface area contributed by atoms with Crippen molar-refractivity contribution in [2.75, 3.05) is 39.9 Å². The fourth-order valence-electron chi connectivity index (χ4n) is 3.03. The van der Waals surface area contributed by atoms with E-state index in [0.29, 0.717) is 30.0 Å². The fourth-order valence-corrected chi connectivity index (χ4v) is 3.15. The molecule has 1 aliphatic heterocycles. The first-order chi connectivity index (χ1) is 12.4. The molecule has 142 valence electrons. The highest BCUT2D eigenvalue weighted by atomic mass is 35.5. The number of carboxylic acid groups (broad SMARTS) is 1. The lowest BCUT2D eigenvalue weighted by Crippen LogP contribution is -2.48. The van der Waals surface area contributed by atoms with Crippen LogP contribution in [0.4, 0.5) is 0 Å². The lowest BCUT2D eigenvalue weighted by molar-refractivity contribution is -0.147. The van der Waals surface area contributed by atoms with Crippen molar-refractivity contribution in [2.24, 2.45) is 5.92 Å². The topological polar surface area (TPSA) is 87.2 Å². The summed E-state index contributed by atoms with van der Waals surface area (Å²) in [5.41, 5.74) is 0.518. The largest absolute Gasteiger partial charge is 0.480 e. The standard InChI is InChI=1S/C18H23ClN2O5/c1-26-10-9-21(12-16(22)23)18(25)14-3-2-8-20(11-14)17(24)13-4-6-15(19)7-5-13/h4-7,14H,2-3,8-12H2,1H3,(H,22,23). The van der Waals surface area contributed by atoms with Crippen LogP contribution in [0.1, 0.15) is 23.2 Å². The molecular formula is C18H23ClN2O5. The summed E-state index contributed by atoms with van der Waals surface area (Å²) in [6.45, 7) is 0.956. The van der Waals surface area contributed by atoms with Crippen LogP contribution in [0.2, 0.25) is 5.02 Å². The average Bonchev–Trinajstić information content (AvgIpc) is 2.64. The van der Waals surface area contributed by atoms with Gasteiger partial charge in [-0.15, -0.1) is 0 Å². The number of piperidine rings is 1. The Bertz CT molecular complexity index is 649. The molecule has 2 amide bonds. The van der Waals surface area contributed by atoms with Crippen LogP contribution in [-0.2, 0) is 14.3 Å². The molecule has 1 aromatic rings. The number of carbonyl (C=O) groups excluding carboxylic acids is 2. The highest BCUT2D eigenvalue weighted by molar-refractivity contribution is 6.30. The number of hydrogen-bond donors (Lipinski definition) is 1. The molecule has 8 heteroatoms. The van der Waals surface area contributed by atoms with Crippen LogP contribution in [0, 0.1) is 5.92 Å². The summed E-state index contributed by atoms with van der Waals surface area (Å²) < 4.78 is 4.96. The number of methoxy groups -OCH3 is 1. The van der Waals surface area contributed by atoms with Crippen molar-refractivity contribution >= 4 is 29.4 Å². The predicted octanol–water partition coefficient (Wildman–Crippen LogP) is 1.75. The first kappa shape index (κ1) is 20.2. The maximum atomic E-state index is 12.7. The maximum absolute atomic E-state index is 12.7. The van der Waals surface area contributed by atoms with Gasteiger partial charge in [0, 0.05) is 37.3 Å². The molecule has 1 unspecified atom stereocenters. The third-order valence-electron chi connectivity index (χ3n) is 4.35. The van der Waals surface area contributed by atoms with Gasteiger partial charge in [0.05, 0.1) is 12.5 Å². The molecule has 0 radical (unpaired) electrons. The monoisotopic (exact) mass is 382 g/mol. The molecule has 2 rings (SSSR count). The van der Waals surface area contributed by atoms with E-state index >= 15 is 0 Å². The number of rotatable bonds is 7. The van der Waals surface area contributed by atoms with E-state index in [1.54, 1.807) is 29.2 Å². The minimum Gasteiger partial charge on any atom is -0.480 e. The SMILES string of the molecule is COCCN(CC(=O)O)C(=O)C1CCCN(C(=O)c2ccc(Cl)cc2)C1. The van der Waals surface area contributed by atoms with Crippen molar-refractivity contribution in [3.05, 3.63) is 34.9 Å². The zero-order valence-electron chi connectivity index (χ0n) is 14.7. The van der Waals surface area contributed by atoms with E-state index in [2.05, 4.69) is 0 Å². The number of aliphatic carboxylic acids is 1. The second kappa shape index (κ2) is 9.54. The number of benzene rings is 1. The molecule has 1 heterocycles. The molecule has 0 bridgehead atoms. The van der Waals surface area contributed by atoms with Crippen LogP contribution in [0.3, 0.4) is 0 Å². The Hall–Kier alpha value is -2.12. The van der Waals surface area contributed by atoms with Crippen LogP contribution in [0.5, 0.6) is 0 Å². The Morgan fingerprint density at radius 1 is 1.31 bits per heavy atom. The number of likely N-dealkylation sites (tertiary alicyclic amines) is 1. The molecule has 1 aromatic carbocycles. The highest BCUT2D eigenvalue weighted by Gasteiger charge is 2.32. The summed E-state index contributed by atoms with van der Waals surface area (Å²) in [6.07, 6.45) is 1.33. The van der Waals surface area contributed by atoms with Gasteiger partial charge >= 0.3 is 5.97 Å². The Labute approximate surface area is 157 Å². The lowest BCUT2D eigenvalue weighted by atomic mass is 9.95. The summed E-state index contributed by atoms with van der Waals surface area (Å²) >= 11 is 5.85. The number of nitrogens with zero attached hydrogens (tertiary/aromatic N) is 2. The van der Waals surface area contributed by atoms with Crippen LogP contribution >= 0.6 is 11.6 Å². The van der Waals surface area contributed by atoms with Gasteiger partial charge < -0.3 is 19.6 Å². The van der Waals surface area contributed by atoms with Gasteiger partial charge in [0.25, 0.3) is 5.91 Å². The van der Waals surface area contributed by atoms with Gasteiger partial charge in [0.15, 0.2) is 0 Å². The molecule has 1 fully saturated rings. The average molecular weight is 383 g/mol. The van der Waals surface area contributed by atoms with Crippen molar-refractivity contribution in [3.63, 3.8) is 0 Å². The molecule has 26 heavy (non-hydrogen) atoms. The van der Waals surface area contributed by atoms with E-state index in [4.69, 9.17) is 21.4 Å². The molecule has 1 N–H and O–H groups in total. The van der Waals surface area contributed by atoms with Crippen LogP contribution in [-0.4, -0.2) is 72.6 Å². The summed E-state index contributed by atoms with van der Waals surface area (Å²) in [5, 5.41) is 9.58. The van der Waals surface area contributed by atoms with Gasteiger partial charge in [-0.3, -0.25) is 14.4 Å². The van der Waals surface area contributed by atoms with Crippen molar-refractivity contribution in [3.8, 4) is 0 Å². The summed E-state index contributed by atoms with van der Waals surface area (Å²) in [5.74, 6) is -1.88. The smallest absolute Gasteiger partial charge is 0.323 e. The summed E-state index contributed by atoms with van der Waals surface area (Å²) in [7, 11) is 1.50. The Morgan fingerprint density at radius 3 is 2.62 bits per heavy atom. The number of halogens is 1. The Balaban J connectivity index is 2.05. The molecular weight excluding hydrogens is 360 g/mol. The number of ether oxygens (including phenoxy) is 1. The second-order valence-corrected chi connectivity index (χ2v) is 6.68. The molecule has 0 spiro atoms. The zero-order valence-corrected chi connectivity index (χ0v) is 15.4. The molecule has 1 aliphatic rings. The van der Waals surface area contributed by atoms with E-state index in [0.717, 1.165) is 0 Å². The summed E-state index contributed by atoms with van der Waals surface area (Å²) in [6, 6.07) is 6.62. The third kappa shape index (κ3) is 5.44. The lowest BCUT2D eigenvalue weighted by Gasteiger charge is -2.34. The second-order valence-electron chi connectivity index (χ2n) is 6.24. The van der Waals surface area contributed by atoms with E-state index < -0.39 is 11.9 Å². The van der Waals surface area contributed by atoms with Gasteiger partial charge in [-0.05, 0) is 37.1 Å². The van der Waals surface area contributed by atoms with Crippen molar-refractivity contribution in [2.45, 2.75) is 12.8 Å². The van der Waals surface area contributed by atoms with Gasteiger partial charge in [-0.25, -0.2) is 0 Å². The van der Waals surface area contributed by atoms with Gasteiger partial charge in [-0.2, -0.15) is 0 Å². The van der Waals surface area contributed by atoms with Gasteiger partial charge in [0.2, 0.25) is 5.91 Å². The van der Waals surface area contributed by atoms with Crippen LogP contribution < -0.4 is 0 Å². The maximum Gasteiger partial charge on any atom is 0.323 e. The quantitative estimate of drug-likeness (QED) is 0.776. The first-order valence-electron chi connectivity index (χ1n) is 8.46. The number of carboxylic acids is 1. The molecule has 7 nitrogen and oxygen atoms in total. The van der Waals surface area contributed by atoms with E-state index in [1.807, 2.05) is 0 Å². The van der Waals surface area contributed by atoms with E-state index in [1.165, 1.54) is 12.0 Å². The zero-order chi connectivity index (χ0) is 19.1. The van der Waals surface area contributed by atoms with E-state index in [9.17, 15) is 14.4 Å². The molecule has 0 aliphatic carbocycles. The number of hydrogen-bond acceptors (Lipinski definition) is 4. The molecule has 1 atom stereocenters. The Kier molecular flexibility index (Phi) is 7.41. The number of carbonyl (C=O) groups is 3. The van der Waals surface area contributed by atoms with Crippen molar-refractivity contribution in [1.29, 1.82) is 0 Å². The normalized spacial score (nSPS) is 17.0. The summed E-state index contributed by atoms with van der Waals surface area (Å²) in [4.78, 5) is 39.3. The molecule has 0 aromatic heterocycles. The minimum atomic E-state index is -1.07. The third-order valence-corrected chi connectivity index (χ3v) is 4.60. The first-order valence-corrected chi connectivity index (χ1v) is 8.84. The molecule has 0 saturated carbocycles. The van der Waals surface area contributed by atoms with Crippen molar-refractivity contribution in [1.82, 2.24) is 9.80 Å². The van der Waals surface area contributed by atoms with Crippen LogP contribution in [0.15, 0.2) is 24.3 Å². The van der Waals surface area contributed by atoms with Gasteiger partial charge in [0.1, 0.15) is 6.54 Å². The highest BCUT2D eigenvalue weighted by Crippen LogP contribution is 2.21. The predicted molar refractivity (Wildman–Crippen MR) is 96.2 cm³/mol. The molecule has 1 saturated heterocycles. The van der Waals surface area contributed by atoms with Crippen molar-refractivity contribution < 1.29 is 24.2 Å².